The zero-order chi connectivity index (χ0) is 18.5. The van der Waals surface area contributed by atoms with Gasteiger partial charge in [-0.15, -0.1) is 11.8 Å². The standard InChI is InChI=1S/C21H23N3OS/c1-15-20(16(2)24(23-15)18-10-6-4-7-11-18)14-22-21(25)17(3)26-19-12-8-5-9-13-19/h4-13,17H,14H2,1-3H3,(H,22,25). The van der Waals surface area contributed by atoms with Crippen molar-refractivity contribution in [3.63, 3.8) is 0 Å². The highest BCUT2D eigenvalue weighted by atomic mass is 32.2. The van der Waals surface area contributed by atoms with Gasteiger partial charge in [0.1, 0.15) is 0 Å². The first kappa shape index (κ1) is 18.3. The van der Waals surface area contributed by atoms with E-state index in [1.54, 1.807) is 11.8 Å². The normalized spacial score (nSPS) is 12.0. The van der Waals surface area contributed by atoms with E-state index in [9.17, 15) is 4.79 Å². The quantitative estimate of drug-likeness (QED) is 0.663. The fourth-order valence-electron chi connectivity index (χ4n) is 2.83. The maximum atomic E-state index is 12.5. The molecule has 0 aliphatic rings. The number of nitrogens with zero attached hydrogens (tertiary/aromatic N) is 2. The molecular weight excluding hydrogens is 342 g/mol. The third-order valence-corrected chi connectivity index (χ3v) is 5.42. The number of nitrogens with one attached hydrogen (secondary N) is 1. The molecule has 1 unspecified atom stereocenters. The van der Waals surface area contributed by atoms with Gasteiger partial charge in [0, 0.05) is 22.7 Å². The zero-order valence-electron chi connectivity index (χ0n) is 15.3. The molecule has 4 nitrogen and oxygen atoms in total. The Balaban J connectivity index is 1.66. The van der Waals surface area contributed by atoms with Crippen LogP contribution in [0.3, 0.4) is 0 Å². The minimum Gasteiger partial charge on any atom is -0.351 e. The number of para-hydroxylation sites is 1. The van der Waals surface area contributed by atoms with Crippen LogP contribution < -0.4 is 5.32 Å². The van der Waals surface area contributed by atoms with Crippen LogP contribution in [0.1, 0.15) is 23.9 Å². The molecule has 3 aromatic rings. The third kappa shape index (κ3) is 4.17. The van der Waals surface area contributed by atoms with E-state index < -0.39 is 0 Å². The molecule has 3 rings (SSSR count). The van der Waals surface area contributed by atoms with Crippen molar-refractivity contribution in [1.82, 2.24) is 15.1 Å². The van der Waals surface area contributed by atoms with Crippen LogP contribution in [0.5, 0.6) is 0 Å². The first-order valence-corrected chi connectivity index (χ1v) is 9.54. The van der Waals surface area contributed by atoms with Crippen LogP contribution >= 0.6 is 11.8 Å². The second-order valence-electron chi connectivity index (χ2n) is 6.19. The second-order valence-corrected chi connectivity index (χ2v) is 7.60. The molecule has 0 saturated carbocycles. The number of benzene rings is 2. The van der Waals surface area contributed by atoms with Crippen LogP contribution in [0, 0.1) is 13.8 Å². The number of aromatic nitrogens is 2. The Bertz CT molecular complexity index is 875. The average molecular weight is 366 g/mol. The molecule has 5 heteroatoms. The highest BCUT2D eigenvalue weighted by Gasteiger charge is 2.17. The van der Waals surface area contributed by atoms with Crippen LogP contribution in [-0.2, 0) is 11.3 Å². The van der Waals surface area contributed by atoms with E-state index in [4.69, 9.17) is 0 Å². The SMILES string of the molecule is Cc1nn(-c2ccccc2)c(C)c1CNC(=O)C(C)Sc1ccccc1. The van der Waals surface area contributed by atoms with Crippen molar-refractivity contribution in [2.45, 2.75) is 37.5 Å². The number of aryl methyl sites for hydroxylation is 1. The van der Waals surface area contributed by atoms with Crippen LogP contribution in [0.15, 0.2) is 65.6 Å². The summed E-state index contributed by atoms with van der Waals surface area (Å²) in [5, 5.41) is 7.53. The maximum Gasteiger partial charge on any atom is 0.233 e. The van der Waals surface area contributed by atoms with Crippen molar-refractivity contribution in [2.24, 2.45) is 0 Å². The van der Waals surface area contributed by atoms with Gasteiger partial charge in [-0.05, 0) is 45.0 Å². The van der Waals surface area contributed by atoms with Crippen molar-refractivity contribution < 1.29 is 4.79 Å². The van der Waals surface area contributed by atoms with Crippen molar-refractivity contribution in [2.75, 3.05) is 0 Å². The Hall–Kier alpha value is -2.53. The second kappa shape index (κ2) is 8.23. The molecule has 2 aromatic carbocycles. The molecule has 134 valence electrons. The van der Waals surface area contributed by atoms with Gasteiger partial charge >= 0.3 is 0 Å². The number of thioether (sulfide) groups is 1. The van der Waals surface area contributed by atoms with Crippen molar-refractivity contribution in [3.8, 4) is 5.69 Å². The molecule has 0 aliphatic carbocycles. The van der Waals surface area contributed by atoms with Crippen LogP contribution in [-0.4, -0.2) is 20.9 Å². The van der Waals surface area contributed by atoms with Gasteiger partial charge in [0.05, 0.1) is 16.6 Å². The molecule has 0 bridgehead atoms. The summed E-state index contributed by atoms with van der Waals surface area (Å²) in [4.78, 5) is 13.6. The minimum atomic E-state index is -0.151. The molecule has 1 N–H and O–H groups in total. The van der Waals surface area contributed by atoms with E-state index in [1.165, 1.54) is 0 Å². The Morgan fingerprint density at radius 3 is 2.35 bits per heavy atom. The summed E-state index contributed by atoms with van der Waals surface area (Å²) in [7, 11) is 0. The summed E-state index contributed by atoms with van der Waals surface area (Å²) in [6.07, 6.45) is 0. The average Bonchev–Trinajstić information content (AvgIpc) is 2.95. The van der Waals surface area contributed by atoms with Gasteiger partial charge in [-0.2, -0.15) is 5.10 Å². The van der Waals surface area contributed by atoms with E-state index in [0.717, 1.165) is 27.5 Å². The Labute approximate surface area is 158 Å². The number of carbonyl (C=O) groups excluding carboxylic acids is 1. The summed E-state index contributed by atoms with van der Waals surface area (Å²) >= 11 is 1.56. The third-order valence-electron chi connectivity index (χ3n) is 4.31. The Kier molecular flexibility index (Phi) is 5.78. The van der Waals surface area contributed by atoms with E-state index >= 15 is 0 Å². The smallest absolute Gasteiger partial charge is 0.233 e. The first-order chi connectivity index (χ1) is 12.6. The summed E-state index contributed by atoms with van der Waals surface area (Å²) < 4.78 is 1.93. The number of hydrogen-bond donors (Lipinski definition) is 1. The molecule has 0 fully saturated rings. The lowest BCUT2D eigenvalue weighted by atomic mass is 10.2. The van der Waals surface area contributed by atoms with Gasteiger partial charge in [0.15, 0.2) is 0 Å². The Morgan fingerprint density at radius 2 is 1.69 bits per heavy atom. The van der Waals surface area contributed by atoms with E-state index in [2.05, 4.69) is 10.4 Å². The number of amides is 1. The summed E-state index contributed by atoms with van der Waals surface area (Å²) in [5.41, 5.74) is 4.09. The van der Waals surface area contributed by atoms with E-state index in [0.29, 0.717) is 6.54 Å². The Morgan fingerprint density at radius 1 is 1.08 bits per heavy atom. The van der Waals surface area contributed by atoms with Crippen molar-refractivity contribution in [1.29, 1.82) is 0 Å². The monoisotopic (exact) mass is 365 g/mol. The summed E-state index contributed by atoms with van der Waals surface area (Å²) in [5.74, 6) is 0.0325. The fourth-order valence-corrected chi connectivity index (χ4v) is 3.74. The highest BCUT2D eigenvalue weighted by Crippen LogP contribution is 2.23. The number of carbonyl (C=O) groups is 1. The van der Waals surface area contributed by atoms with Crippen LogP contribution in [0.4, 0.5) is 0 Å². The maximum absolute atomic E-state index is 12.5. The summed E-state index contributed by atoms with van der Waals surface area (Å²) in [6.45, 7) is 6.44. The minimum absolute atomic E-state index is 0.0325. The predicted octanol–water partition coefficient (Wildman–Crippen LogP) is 4.29. The predicted molar refractivity (Wildman–Crippen MR) is 107 cm³/mol. The molecule has 1 heterocycles. The lowest BCUT2D eigenvalue weighted by Gasteiger charge is -2.12. The first-order valence-electron chi connectivity index (χ1n) is 8.66. The molecule has 0 aliphatic heterocycles. The van der Waals surface area contributed by atoms with E-state index in [-0.39, 0.29) is 11.2 Å². The van der Waals surface area contributed by atoms with Crippen LogP contribution in [0.2, 0.25) is 0 Å². The van der Waals surface area contributed by atoms with Gasteiger partial charge in [-0.3, -0.25) is 4.79 Å². The van der Waals surface area contributed by atoms with Gasteiger partial charge < -0.3 is 5.32 Å². The van der Waals surface area contributed by atoms with Gasteiger partial charge in [0.25, 0.3) is 0 Å². The molecule has 1 atom stereocenters. The molecular formula is C21H23N3OS. The van der Waals surface area contributed by atoms with Crippen LogP contribution in [0.25, 0.3) is 5.69 Å². The van der Waals surface area contributed by atoms with Gasteiger partial charge in [0.2, 0.25) is 5.91 Å². The molecule has 1 amide bonds. The molecule has 0 radical (unpaired) electrons. The van der Waals surface area contributed by atoms with Gasteiger partial charge in [-0.1, -0.05) is 36.4 Å². The fraction of sp³-hybridized carbons (Fsp3) is 0.238. The van der Waals surface area contributed by atoms with E-state index in [1.807, 2.05) is 86.1 Å². The van der Waals surface area contributed by atoms with Crippen molar-refractivity contribution in [3.05, 3.63) is 77.6 Å². The lowest BCUT2D eigenvalue weighted by Crippen LogP contribution is -2.30. The largest absolute Gasteiger partial charge is 0.351 e. The topological polar surface area (TPSA) is 46.9 Å². The van der Waals surface area contributed by atoms with Crippen molar-refractivity contribution >= 4 is 17.7 Å². The summed E-state index contributed by atoms with van der Waals surface area (Å²) in [6, 6.07) is 20.0. The molecule has 1 aromatic heterocycles. The zero-order valence-corrected chi connectivity index (χ0v) is 16.1. The molecule has 0 spiro atoms. The molecule has 0 saturated heterocycles. The highest BCUT2D eigenvalue weighted by molar-refractivity contribution is 8.00. The number of hydrogen-bond acceptors (Lipinski definition) is 3. The molecule has 26 heavy (non-hydrogen) atoms. The lowest BCUT2D eigenvalue weighted by molar-refractivity contribution is -0.120. The number of rotatable bonds is 6. The van der Waals surface area contributed by atoms with Gasteiger partial charge in [-0.25, -0.2) is 4.68 Å².